The first kappa shape index (κ1) is 24.5. The van der Waals surface area contributed by atoms with E-state index in [1.807, 2.05) is 39.8 Å². The Hall–Kier alpha value is -3.16. The van der Waals surface area contributed by atoms with Gasteiger partial charge in [0.05, 0.1) is 11.5 Å². The highest BCUT2D eigenvalue weighted by molar-refractivity contribution is 7.89. The van der Waals surface area contributed by atoms with Gasteiger partial charge in [0.15, 0.2) is 0 Å². The molecule has 0 aliphatic carbocycles. The molecule has 0 atom stereocenters. The highest BCUT2D eigenvalue weighted by atomic mass is 32.2. The number of carbonyl (C=O) groups excluding carboxylic acids is 1. The SMILES string of the molecule is CCOc1ccc(C(=O)Nc2c(C)cc(C)cc2C)cc1CN(C)S(=O)(=O)c1ccccc1. The molecule has 0 aliphatic rings. The first-order valence-corrected chi connectivity index (χ1v) is 12.2. The number of nitrogens with one attached hydrogen (secondary N) is 1. The zero-order chi connectivity index (χ0) is 24.2. The summed E-state index contributed by atoms with van der Waals surface area (Å²) in [5.41, 5.74) is 4.93. The minimum atomic E-state index is -3.69. The molecule has 6 nitrogen and oxygen atoms in total. The lowest BCUT2D eigenvalue weighted by molar-refractivity contribution is 0.102. The largest absolute Gasteiger partial charge is 0.494 e. The van der Waals surface area contributed by atoms with Crippen molar-refractivity contribution in [1.29, 1.82) is 0 Å². The van der Waals surface area contributed by atoms with E-state index in [-0.39, 0.29) is 17.3 Å². The number of hydrogen-bond acceptors (Lipinski definition) is 4. The summed E-state index contributed by atoms with van der Waals surface area (Å²) in [5.74, 6) is 0.287. The van der Waals surface area contributed by atoms with Crippen molar-refractivity contribution < 1.29 is 17.9 Å². The van der Waals surface area contributed by atoms with Crippen molar-refractivity contribution in [1.82, 2.24) is 4.31 Å². The molecule has 0 radical (unpaired) electrons. The van der Waals surface area contributed by atoms with E-state index in [4.69, 9.17) is 4.74 Å². The van der Waals surface area contributed by atoms with Crippen molar-refractivity contribution in [3.63, 3.8) is 0 Å². The molecule has 0 aliphatic heterocycles. The first-order chi connectivity index (χ1) is 15.6. The number of aryl methyl sites for hydroxylation is 3. The highest BCUT2D eigenvalue weighted by Gasteiger charge is 2.22. The van der Waals surface area contributed by atoms with Crippen LogP contribution in [0.25, 0.3) is 0 Å². The summed E-state index contributed by atoms with van der Waals surface area (Å²) in [4.78, 5) is 13.3. The molecule has 1 amide bonds. The Morgan fingerprint density at radius 3 is 2.21 bits per heavy atom. The predicted molar refractivity (Wildman–Crippen MR) is 131 cm³/mol. The number of amides is 1. The maximum atomic E-state index is 13.0. The van der Waals surface area contributed by atoms with Gasteiger partial charge in [-0.2, -0.15) is 4.31 Å². The minimum absolute atomic E-state index is 0.0657. The monoisotopic (exact) mass is 466 g/mol. The lowest BCUT2D eigenvalue weighted by Gasteiger charge is -2.20. The number of sulfonamides is 1. The molecule has 0 aromatic heterocycles. The van der Waals surface area contributed by atoms with Gasteiger partial charge in [0.2, 0.25) is 10.0 Å². The van der Waals surface area contributed by atoms with Gasteiger partial charge >= 0.3 is 0 Å². The second-order valence-electron chi connectivity index (χ2n) is 8.06. The lowest BCUT2D eigenvalue weighted by Crippen LogP contribution is -2.27. The number of carbonyl (C=O) groups is 1. The van der Waals surface area contributed by atoms with Crippen LogP contribution in [0.1, 0.15) is 39.5 Å². The average molecular weight is 467 g/mol. The molecule has 0 unspecified atom stereocenters. The van der Waals surface area contributed by atoms with Gasteiger partial charge in [-0.3, -0.25) is 4.79 Å². The number of benzene rings is 3. The molecule has 1 N–H and O–H groups in total. The topological polar surface area (TPSA) is 75.7 Å². The third kappa shape index (κ3) is 5.61. The van der Waals surface area contributed by atoms with Crippen LogP contribution in [-0.4, -0.2) is 32.3 Å². The maximum absolute atomic E-state index is 13.0. The summed E-state index contributed by atoms with van der Waals surface area (Å²) in [7, 11) is -2.17. The molecule has 0 bridgehead atoms. The van der Waals surface area contributed by atoms with Crippen LogP contribution >= 0.6 is 0 Å². The minimum Gasteiger partial charge on any atom is -0.494 e. The number of rotatable bonds is 8. The van der Waals surface area contributed by atoms with Crippen molar-refractivity contribution in [2.24, 2.45) is 0 Å². The Morgan fingerprint density at radius 2 is 1.61 bits per heavy atom. The summed E-state index contributed by atoms with van der Waals surface area (Å²) in [5, 5.41) is 3.00. The summed E-state index contributed by atoms with van der Waals surface area (Å²) in [6.07, 6.45) is 0. The lowest BCUT2D eigenvalue weighted by atomic mass is 10.0. The van der Waals surface area contributed by atoms with Crippen molar-refractivity contribution in [2.75, 3.05) is 19.0 Å². The first-order valence-electron chi connectivity index (χ1n) is 10.8. The van der Waals surface area contributed by atoms with E-state index in [0.717, 1.165) is 22.4 Å². The van der Waals surface area contributed by atoms with Crippen LogP contribution in [0.5, 0.6) is 5.75 Å². The van der Waals surface area contributed by atoms with E-state index in [1.165, 1.54) is 11.4 Å². The van der Waals surface area contributed by atoms with E-state index in [0.29, 0.717) is 23.5 Å². The van der Waals surface area contributed by atoms with E-state index >= 15 is 0 Å². The molecule has 0 saturated heterocycles. The molecule has 7 heteroatoms. The Bertz CT molecular complexity index is 1230. The van der Waals surface area contributed by atoms with Crippen LogP contribution < -0.4 is 10.1 Å². The molecule has 33 heavy (non-hydrogen) atoms. The molecule has 174 valence electrons. The molecule has 3 rings (SSSR count). The second-order valence-corrected chi connectivity index (χ2v) is 10.1. The van der Waals surface area contributed by atoms with Gasteiger partial charge in [-0.05, 0) is 69.2 Å². The van der Waals surface area contributed by atoms with Crippen LogP contribution in [0.2, 0.25) is 0 Å². The Labute approximate surface area is 196 Å². The van der Waals surface area contributed by atoms with Crippen LogP contribution in [-0.2, 0) is 16.6 Å². The Balaban J connectivity index is 1.90. The molecule has 0 saturated carbocycles. The summed E-state index contributed by atoms with van der Waals surface area (Å²) < 4.78 is 32.9. The fraction of sp³-hybridized carbons (Fsp3) is 0.269. The molecular formula is C26H30N2O4S. The average Bonchev–Trinajstić information content (AvgIpc) is 2.77. The maximum Gasteiger partial charge on any atom is 0.255 e. The molecule has 0 spiro atoms. The molecule has 3 aromatic rings. The third-order valence-corrected chi connectivity index (χ3v) is 7.20. The summed E-state index contributed by atoms with van der Waals surface area (Å²) in [6, 6.07) is 17.4. The van der Waals surface area contributed by atoms with Gasteiger partial charge in [0.25, 0.3) is 5.91 Å². The van der Waals surface area contributed by atoms with Gasteiger partial charge in [-0.1, -0.05) is 35.9 Å². The van der Waals surface area contributed by atoms with Crippen LogP contribution in [0.3, 0.4) is 0 Å². The van der Waals surface area contributed by atoms with Gasteiger partial charge in [0, 0.05) is 30.4 Å². The Morgan fingerprint density at radius 1 is 0.970 bits per heavy atom. The number of nitrogens with zero attached hydrogens (tertiary/aromatic N) is 1. The molecule has 0 heterocycles. The highest BCUT2D eigenvalue weighted by Crippen LogP contribution is 2.27. The molecule has 3 aromatic carbocycles. The van der Waals surface area contributed by atoms with E-state index < -0.39 is 10.0 Å². The van der Waals surface area contributed by atoms with Gasteiger partial charge in [0.1, 0.15) is 5.75 Å². The van der Waals surface area contributed by atoms with Gasteiger partial charge in [-0.25, -0.2) is 8.42 Å². The summed E-state index contributed by atoms with van der Waals surface area (Å²) >= 11 is 0. The van der Waals surface area contributed by atoms with Crippen molar-refractivity contribution in [3.05, 3.63) is 88.5 Å². The van der Waals surface area contributed by atoms with Gasteiger partial charge < -0.3 is 10.1 Å². The third-order valence-electron chi connectivity index (χ3n) is 5.38. The van der Waals surface area contributed by atoms with Crippen LogP contribution in [0, 0.1) is 20.8 Å². The van der Waals surface area contributed by atoms with Crippen LogP contribution in [0.15, 0.2) is 65.6 Å². The van der Waals surface area contributed by atoms with E-state index in [9.17, 15) is 13.2 Å². The quantitative estimate of drug-likeness (QED) is 0.502. The predicted octanol–water partition coefficient (Wildman–Crippen LogP) is 5.08. The normalized spacial score (nSPS) is 11.5. The van der Waals surface area contributed by atoms with Gasteiger partial charge in [-0.15, -0.1) is 0 Å². The number of ether oxygens (including phenoxy) is 1. The smallest absolute Gasteiger partial charge is 0.255 e. The fourth-order valence-corrected chi connectivity index (χ4v) is 4.97. The van der Waals surface area contributed by atoms with Crippen molar-refractivity contribution in [3.8, 4) is 5.75 Å². The molecular weight excluding hydrogens is 436 g/mol. The number of hydrogen-bond donors (Lipinski definition) is 1. The zero-order valence-corrected chi connectivity index (χ0v) is 20.5. The van der Waals surface area contributed by atoms with Crippen molar-refractivity contribution in [2.45, 2.75) is 39.1 Å². The second kappa shape index (κ2) is 10.2. The number of anilines is 1. The standard InChI is InChI=1S/C26H30N2O4S/c1-6-32-24-13-12-21(26(29)27-25-19(3)14-18(2)15-20(25)4)16-22(24)17-28(5)33(30,31)23-10-8-7-9-11-23/h7-16H,6,17H2,1-5H3,(H,27,29). The van der Waals surface area contributed by atoms with Crippen LogP contribution in [0.4, 0.5) is 5.69 Å². The Kier molecular flexibility index (Phi) is 7.56. The van der Waals surface area contributed by atoms with E-state index in [1.54, 1.807) is 48.5 Å². The molecule has 0 fully saturated rings. The van der Waals surface area contributed by atoms with Crippen molar-refractivity contribution >= 4 is 21.6 Å². The zero-order valence-electron chi connectivity index (χ0n) is 19.7. The van der Waals surface area contributed by atoms with E-state index in [2.05, 4.69) is 5.32 Å². The summed E-state index contributed by atoms with van der Waals surface area (Å²) in [6.45, 7) is 8.29. The fourth-order valence-electron chi connectivity index (χ4n) is 3.80.